The first-order valence-corrected chi connectivity index (χ1v) is 11.4. The summed E-state index contributed by atoms with van der Waals surface area (Å²) in [5.41, 5.74) is 0.272. The van der Waals surface area contributed by atoms with Crippen molar-refractivity contribution in [3.05, 3.63) is 84.4 Å². The number of anilines is 1. The fourth-order valence-corrected chi connectivity index (χ4v) is 4.17. The molecule has 11 heteroatoms. The molecule has 3 amide bonds. The summed E-state index contributed by atoms with van der Waals surface area (Å²) in [5, 5.41) is 4.75. The van der Waals surface area contributed by atoms with Crippen molar-refractivity contribution in [3.63, 3.8) is 0 Å². The van der Waals surface area contributed by atoms with Gasteiger partial charge in [-0.05, 0) is 42.5 Å². The summed E-state index contributed by atoms with van der Waals surface area (Å²) in [6.45, 7) is 6.41. The van der Waals surface area contributed by atoms with Crippen LogP contribution in [0.5, 0.6) is 0 Å². The molecule has 9 nitrogen and oxygen atoms in total. The Labute approximate surface area is 196 Å². The number of carbonyl (C=O) groups is 3. The Bertz CT molecular complexity index is 1150. The van der Waals surface area contributed by atoms with Crippen LogP contribution in [-0.2, 0) is 19.6 Å². The van der Waals surface area contributed by atoms with Crippen molar-refractivity contribution >= 4 is 45.2 Å². The lowest BCUT2D eigenvalue weighted by Crippen LogP contribution is -2.41. The number of urea groups is 1. The van der Waals surface area contributed by atoms with Crippen LogP contribution in [0.25, 0.3) is 0 Å². The normalized spacial score (nSPS) is 10.6. The first kappa shape index (κ1) is 25.6. The molecule has 0 aliphatic rings. The van der Waals surface area contributed by atoms with E-state index in [2.05, 4.69) is 18.5 Å². The minimum absolute atomic E-state index is 0.0211. The third kappa shape index (κ3) is 7.19. The highest BCUT2D eigenvalue weighted by Gasteiger charge is 2.25. The second-order valence-corrected chi connectivity index (χ2v) is 8.75. The smallest absolute Gasteiger partial charge is 0.338 e. The summed E-state index contributed by atoms with van der Waals surface area (Å²) >= 11 is 5.89. The van der Waals surface area contributed by atoms with Crippen molar-refractivity contribution in [2.24, 2.45) is 0 Å². The maximum absolute atomic E-state index is 13.2. The monoisotopic (exact) mass is 491 g/mol. The van der Waals surface area contributed by atoms with Crippen molar-refractivity contribution in [1.82, 2.24) is 10.6 Å². The number of sulfonamides is 1. The Balaban J connectivity index is 2.16. The molecule has 2 aromatic carbocycles. The fraction of sp³-hybridized carbons (Fsp3) is 0.136. The number of hydrogen-bond acceptors (Lipinski definition) is 6. The van der Waals surface area contributed by atoms with Crippen LogP contribution in [0.15, 0.2) is 78.7 Å². The number of amides is 3. The Kier molecular flexibility index (Phi) is 9.19. The molecule has 0 spiro atoms. The Morgan fingerprint density at radius 3 is 2.39 bits per heavy atom. The molecule has 0 aliphatic carbocycles. The summed E-state index contributed by atoms with van der Waals surface area (Å²) in [7, 11) is -4.07. The molecule has 0 aliphatic heterocycles. The minimum Gasteiger partial charge on any atom is -0.452 e. The van der Waals surface area contributed by atoms with Crippen molar-refractivity contribution < 1.29 is 27.5 Å². The van der Waals surface area contributed by atoms with E-state index in [1.54, 1.807) is 24.3 Å². The molecule has 0 saturated carbocycles. The van der Waals surface area contributed by atoms with Gasteiger partial charge in [0.15, 0.2) is 6.61 Å². The number of hydrogen-bond donors (Lipinski definition) is 2. The van der Waals surface area contributed by atoms with E-state index in [1.165, 1.54) is 30.4 Å². The van der Waals surface area contributed by atoms with Gasteiger partial charge in [0, 0.05) is 11.6 Å². The molecule has 2 rings (SSSR count). The highest BCUT2D eigenvalue weighted by atomic mass is 35.5. The van der Waals surface area contributed by atoms with Gasteiger partial charge < -0.3 is 10.1 Å². The van der Waals surface area contributed by atoms with Gasteiger partial charge in [0.25, 0.3) is 15.9 Å². The van der Waals surface area contributed by atoms with E-state index in [4.69, 9.17) is 16.3 Å². The predicted octanol–water partition coefficient (Wildman–Crippen LogP) is 2.89. The zero-order valence-corrected chi connectivity index (χ0v) is 19.1. The van der Waals surface area contributed by atoms with Crippen LogP contribution >= 0.6 is 11.6 Å². The van der Waals surface area contributed by atoms with Crippen LogP contribution in [0, 0.1) is 0 Å². The van der Waals surface area contributed by atoms with Gasteiger partial charge in [0.05, 0.1) is 22.7 Å². The average molecular weight is 492 g/mol. The number of carbonyl (C=O) groups excluding carboxylic acids is 3. The summed E-state index contributed by atoms with van der Waals surface area (Å²) in [5.74, 6) is -1.79. The van der Waals surface area contributed by atoms with Gasteiger partial charge in [-0.25, -0.2) is 18.0 Å². The molecule has 0 unspecified atom stereocenters. The summed E-state index contributed by atoms with van der Waals surface area (Å²) in [6.07, 6.45) is 2.85. The Hall–Kier alpha value is -3.63. The lowest BCUT2D eigenvalue weighted by molar-refractivity contribution is -0.123. The maximum Gasteiger partial charge on any atom is 0.338 e. The number of benzene rings is 2. The van der Waals surface area contributed by atoms with Crippen molar-refractivity contribution in [2.75, 3.05) is 24.0 Å². The molecule has 0 aromatic heterocycles. The van der Waals surface area contributed by atoms with E-state index in [-0.39, 0.29) is 23.5 Å². The number of nitrogens with zero attached hydrogens (tertiary/aromatic N) is 1. The molecular formula is C22H22ClN3O6S. The van der Waals surface area contributed by atoms with Crippen LogP contribution in [0.4, 0.5) is 10.5 Å². The first-order valence-electron chi connectivity index (χ1n) is 9.54. The number of imide groups is 1. The van der Waals surface area contributed by atoms with Crippen LogP contribution in [0.2, 0.25) is 5.02 Å². The molecular weight excluding hydrogens is 470 g/mol. The van der Waals surface area contributed by atoms with E-state index in [0.717, 1.165) is 10.4 Å². The summed E-state index contributed by atoms with van der Waals surface area (Å²) in [6, 6.07) is 10.6. The lowest BCUT2D eigenvalue weighted by Gasteiger charge is -2.23. The number of ether oxygens (including phenoxy) is 1. The van der Waals surface area contributed by atoms with Gasteiger partial charge >= 0.3 is 12.0 Å². The standard InChI is InChI=1S/C22H22ClN3O6S/c1-3-12-24-22(29)25-20(27)15-32-21(28)16-6-5-7-19(14-16)33(30,31)26(13-4-2)18-10-8-17(23)9-11-18/h3-11,14H,1-2,12-13,15H2,(H2,24,25,27,29). The molecule has 0 heterocycles. The van der Waals surface area contributed by atoms with Crippen LogP contribution in [-0.4, -0.2) is 46.0 Å². The zero-order valence-electron chi connectivity index (χ0n) is 17.5. The molecule has 33 heavy (non-hydrogen) atoms. The summed E-state index contributed by atoms with van der Waals surface area (Å²) in [4.78, 5) is 35.3. The molecule has 0 saturated heterocycles. The highest BCUT2D eigenvalue weighted by molar-refractivity contribution is 7.92. The molecule has 0 fully saturated rings. The quantitative estimate of drug-likeness (QED) is 0.389. The predicted molar refractivity (Wildman–Crippen MR) is 125 cm³/mol. The molecule has 0 radical (unpaired) electrons. The maximum atomic E-state index is 13.2. The molecule has 174 valence electrons. The zero-order chi connectivity index (χ0) is 24.4. The number of nitrogens with one attached hydrogen (secondary N) is 2. The SMILES string of the molecule is C=CCNC(=O)NC(=O)COC(=O)c1cccc(S(=O)(=O)N(CC=C)c2ccc(Cl)cc2)c1. The van der Waals surface area contributed by atoms with Crippen LogP contribution < -0.4 is 14.9 Å². The molecule has 2 aromatic rings. The molecule has 0 bridgehead atoms. The topological polar surface area (TPSA) is 122 Å². The van der Waals surface area contributed by atoms with Gasteiger partial charge in [-0.15, -0.1) is 13.2 Å². The van der Waals surface area contributed by atoms with Gasteiger partial charge in [0.2, 0.25) is 0 Å². The second kappa shape index (κ2) is 11.8. The third-order valence-electron chi connectivity index (χ3n) is 4.06. The van der Waals surface area contributed by atoms with Crippen molar-refractivity contribution in [3.8, 4) is 0 Å². The van der Waals surface area contributed by atoms with E-state index < -0.39 is 34.5 Å². The highest BCUT2D eigenvalue weighted by Crippen LogP contribution is 2.25. The molecule has 0 atom stereocenters. The van der Waals surface area contributed by atoms with Gasteiger partial charge in [0.1, 0.15) is 0 Å². The van der Waals surface area contributed by atoms with E-state index >= 15 is 0 Å². The Morgan fingerprint density at radius 1 is 1.06 bits per heavy atom. The van der Waals surface area contributed by atoms with E-state index in [9.17, 15) is 22.8 Å². The number of rotatable bonds is 10. The Morgan fingerprint density at radius 2 is 1.76 bits per heavy atom. The largest absolute Gasteiger partial charge is 0.452 e. The second-order valence-electron chi connectivity index (χ2n) is 6.45. The minimum atomic E-state index is -4.07. The lowest BCUT2D eigenvalue weighted by atomic mass is 10.2. The van der Waals surface area contributed by atoms with Gasteiger partial charge in [-0.2, -0.15) is 0 Å². The van der Waals surface area contributed by atoms with E-state index in [1.807, 2.05) is 5.32 Å². The van der Waals surface area contributed by atoms with E-state index in [0.29, 0.717) is 10.7 Å². The number of esters is 1. The first-order chi connectivity index (χ1) is 15.7. The molecule has 2 N–H and O–H groups in total. The van der Waals surface area contributed by atoms with Gasteiger partial charge in [-0.1, -0.05) is 29.8 Å². The fourth-order valence-electron chi connectivity index (χ4n) is 2.56. The average Bonchev–Trinajstić information content (AvgIpc) is 2.80. The van der Waals surface area contributed by atoms with Gasteiger partial charge in [-0.3, -0.25) is 14.4 Å². The van der Waals surface area contributed by atoms with Crippen LogP contribution in [0.1, 0.15) is 10.4 Å². The number of halogens is 1. The van der Waals surface area contributed by atoms with Crippen LogP contribution in [0.3, 0.4) is 0 Å². The third-order valence-corrected chi connectivity index (χ3v) is 6.10. The van der Waals surface area contributed by atoms with Crippen molar-refractivity contribution in [2.45, 2.75) is 4.90 Å². The van der Waals surface area contributed by atoms with Crippen molar-refractivity contribution in [1.29, 1.82) is 0 Å². The summed E-state index contributed by atoms with van der Waals surface area (Å²) < 4.78 is 32.5.